The first-order valence-electron chi connectivity index (χ1n) is 12.8. The Morgan fingerprint density at radius 3 is 2.52 bits per heavy atom. The monoisotopic (exact) mass is 457 g/mol. The van der Waals surface area contributed by atoms with Gasteiger partial charge < -0.3 is 20.2 Å². The van der Waals surface area contributed by atoms with Crippen LogP contribution in [0.4, 0.5) is 15.8 Å². The first-order valence-corrected chi connectivity index (χ1v) is 12.8. The van der Waals surface area contributed by atoms with Crippen molar-refractivity contribution >= 4 is 23.2 Å². The SMILES string of the molecule is O=C(Nc1ccc(N2CCCC3(CCN(C4CCC(O)CC4)C3=O)C2)c(F)c1)C1CCCC1. The van der Waals surface area contributed by atoms with E-state index >= 15 is 4.39 Å². The van der Waals surface area contributed by atoms with Gasteiger partial charge in [0.05, 0.1) is 17.2 Å². The molecule has 2 saturated heterocycles. The van der Waals surface area contributed by atoms with Crippen molar-refractivity contribution in [1.82, 2.24) is 4.90 Å². The van der Waals surface area contributed by atoms with Crippen LogP contribution in [-0.2, 0) is 9.59 Å². The number of aliphatic hydroxyl groups is 1. The van der Waals surface area contributed by atoms with Gasteiger partial charge in [-0.3, -0.25) is 9.59 Å². The summed E-state index contributed by atoms with van der Waals surface area (Å²) in [5.41, 5.74) is 0.582. The van der Waals surface area contributed by atoms with Crippen LogP contribution >= 0.6 is 0 Å². The highest BCUT2D eigenvalue weighted by Crippen LogP contribution is 2.44. The van der Waals surface area contributed by atoms with Gasteiger partial charge in [-0.1, -0.05) is 12.8 Å². The Bertz CT molecular complexity index is 895. The molecule has 0 bridgehead atoms. The highest BCUT2D eigenvalue weighted by molar-refractivity contribution is 5.93. The quantitative estimate of drug-likeness (QED) is 0.715. The average molecular weight is 458 g/mol. The lowest BCUT2D eigenvalue weighted by atomic mass is 9.78. The number of benzene rings is 1. The molecule has 2 aliphatic heterocycles. The molecule has 5 rings (SSSR count). The Morgan fingerprint density at radius 2 is 1.79 bits per heavy atom. The molecule has 1 aromatic carbocycles. The standard InChI is InChI=1S/C26H36FN3O3/c27-22-16-19(28-24(32)18-4-1-2-5-18)6-11-23(22)29-14-3-12-26(17-29)13-15-30(25(26)33)20-7-9-21(31)10-8-20/h6,11,16,18,20-21,31H,1-5,7-10,12-15,17H2,(H,28,32). The molecule has 180 valence electrons. The van der Waals surface area contributed by atoms with Crippen LogP contribution in [0.5, 0.6) is 0 Å². The van der Waals surface area contributed by atoms with Crippen LogP contribution in [0.1, 0.15) is 70.6 Å². The van der Waals surface area contributed by atoms with E-state index in [9.17, 15) is 14.7 Å². The van der Waals surface area contributed by atoms with Gasteiger partial charge in [-0.25, -0.2) is 4.39 Å². The van der Waals surface area contributed by atoms with Crippen molar-refractivity contribution in [3.63, 3.8) is 0 Å². The summed E-state index contributed by atoms with van der Waals surface area (Å²) in [7, 11) is 0. The van der Waals surface area contributed by atoms with Gasteiger partial charge in [-0.05, 0) is 76.0 Å². The van der Waals surface area contributed by atoms with Crippen molar-refractivity contribution in [2.24, 2.45) is 11.3 Å². The van der Waals surface area contributed by atoms with E-state index in [4.69, 9.17) is 0 Å². The predicted molar refractivity (Wildman–Crippen MR) is 125 cm³/mol. The second-order valence-electron chi connectivity index (χ2n) is 10.7. The number of amides is 2. The third kappa shape index (κ3) is 4.48. The van der Waals surface area contributed by atoms with Gasteiger partial charge in [0.1, 0.15) is 5.82 Å². The molecule has 0 aromatic heterocycles. The minimum absolute atomic E-state index is 0.0107. The molecular formula is C26H36FN3O3. The molecule has 2 saturated carbocycles. The third-order valence-electron chi connectivity index (χ3n) is 8.51. The van der Waals surface area contributed by atoms with Crippen LogP contribution in [0.15, 0.2) is 18.2 Å². The van der Waals surface area contributed by atoms with Crippen molar-refractivity contribution in [2.45, 2.75) is 82.8 Å². The van der Waals surface area contributed by atoms with Gasteiger partial charge in [0.25, 0.3) is 0 Å². The molecule has 6 nitrogen and oxygen atoms in total. The van der Waals surface area contributed by atoms with E-state index < -0.39 is 5.41 Å². The molecule has 7 heteroatoms. The lowest BCUT2D eigenvalue weighted by Gasteiger charge is -2.41. The first kappa shape index (κ1) is 22.6. The van der Waals surface area contributed by atoms with Crippen LogP contribution in [0, 0.1) is 17.2 Å². The highest BCUT2D eigenvalue weighted by atomic mass is 19.1. The molecule has 2 amide bonds. The molecule has 0 radical (unpaired) electrons. The summed E-state index contributed by atoms with van der Waals surface area (Å²) in [6.45, 7) is 2.04. The summed E-state index contributed by atoms with van der Waals surface area (Å²) in [6, 6.07) is 5.18. The van der Waals surface area contributed by atoms with Crippen molar-refractivity contribution in [1.29, 1.82) is 0 Å². The highest BCUT2D eigenvalue weighted by Gasteiger charge is 2.50. The fourth-order valence-corrected chi connectivity index (χ4v) is 6.56. The van der Waals surface area contributed by atoms with Gasteiger partial charge in [-0.15, -0.1) is 0 Å². The van der Waals surface area contributed by atoms with E-state index in [1.165, 1.54) is 6.07 Å². The zero-order chi connectivity index (χ0) is 23.0. The average Bonchev–Trinajstić information content (AvgIpc) is 3.45. The van der Waals surface area contributed by atoms with Crippen LogP contribution in [0.3, 0.4) is 0 Å². The van der Waals surface area contributed by atoms with Gasteiger partial charge in [0, 0.05) is 37.3 Å². The van der Waals surface area contributed by atoms with Crippen LogP contribution in [0.2, 0.25) is 0 Å². The van der Waals surface area contributed by atoms with Crippen LogP contribution < -0.4 is 10.2 Å². The molecule has 2 N–H and O–H groups in total. The molecular weight excluding hydrogens is 421 g/mol. The fraction of sp³-hybridized carbons (Fsp3) is 0.692. The Hall–Kier alpha value is -2.15. The Labute approximate surface area is 195 Å². The van der Waals surface area contributed by atoms with Crippen molar-refractivity contribution in [2.75, 3.05) is 29.9 Å². The predicted octanol–water partition coefficient (Wildman–Crippen LogP) is 4.08. The van der Waals surface area contributed by atoms with E-state index in [1.807, 2.05) is 9.80 Å². The Balaban J connectivity index is 1.26. The number of piperidine rings is 1. The van der Waals surface area contributed by atoms with Gasteiger partial charge in [-0.2, -0.15) is 0 Å². The van der Waals surface area contributed by atoms with Gasteiger partial charge >= 0.3 is 0 Å². The molecule has 4 aliphatic rings. The molecule has 1 aromatic rings. The summed E-state index contributed by atoms with van der Waals surface area (Å²) in [5.74, 6) is -0.101. The first-order chi connectivity index (χ1) is 15.9. The number of nitrogens with zero attached hydrogens (tertiary/aromatic N) is 2. The van der Waals surface area contributed by atoms with E-state index in [-0.39, 0.29) is 35.7 Å². The topological polar surface area (TPSA) is 72.9 Å². The number of carbonyl (C=O) groups excluding carboxylic acids is 2. The number of likely N-dealkylation sites (tertiary alicyclic amines) is 1. The number of hydrogen-bond donors (Lipinski definition) is 2. The second-order valence-corrected chi connectivity index (χ2v) is 10.7. The van der Waals surface area contributed by atoms with Crippen molar-refractivity contribution in [3.05, 3.63) is 24.0 Å². The maximum Gasteiger partial charge on any atom is 0.230 e. The smallest absolute Gasteiger partial charge is 0.230 e. The minimum Gasteiger partial charge on any atom is -0.393 e. The molecule has 2 aliphatic carbocycles. The molecule has 33 heavy (non-hydrogen) atoms. The summed E-state index contributed by atoms with van der Waals surface area (Å²) >= 11 is 0. The Kier molecular flexibility index (Phi) is 6.34. The fourth-order valence-electron chi connectivity index (χ4n) is 6.56. The normalized spacial score (nSPS) is 30.9. The Morgan fingerprint density at radius 1 is 1.03 bits per heavy atom. The third-order valence-corrected chi connectivity index (χ3v) is 8.51. The van der Waals surface area contributed by atoms with Crippen molar-refractivity contribution < 1.29 is 19.1 Å². The number of halogens is 1. The number of carbonyl (C=O) groups is 2. The van der Waals surface area contributed by atoms with Crippen LogP contribution in [-0.4, -0.2) is 53.6 Å². The number of aliphatic hydroxyl groups excluding tert-OH is 1. The number of nitrogens with one attached hydrogen (secondary N) is 1. The van der Waals surface area contributed by atoms with Gasteiger partial charge in [0.2, 0.25) is 11.8 Å². The molecule has 1 atom stereocenters. The molecule has 4 fully saturated rings. The van der Waals surface area contributed by atoms with E-state index in [0.717, 1.165) is 83.7 Å². The summed E-state index contributed by atoms with van der Waals surface area (Å²) in [5, 5.41) is 12.7. The zero-order valence-electron chi connectivity index (χ0n) is 19.4. The lowest BCUT2D eigenvalue weighted by molar-refractivity contribution is -0.139. The maximum absolute atomic E-state index is 15.1. The largest absolute Gasteiger partial charge is 0.393 e. The minimum atomic E-state index is -0.434. The zero-order valence-corrected chi connectivity index (χ0v) is 19.4. The van der Waals surface area contributed by atoms with E-state index in [2.05, 4.69) is 5.32 Å². The summed E-state index contributed by atoms with van der Waals surface area (Å²) < 4.78 is 15.1. The molecule has 1 spiro atoms. The van der Waals surface area contributed by atoms with E-state index in [1.54, 1.807) is 12.1 Å². The lowest BCUT2D eigenvalue weighted by Crippen LogP contribution is -2.50. The molecule has 1 unspecified atom stereocenters. The second kappa shape index (κ2) is 9.24. The van der Waals surface area contributed by atoms with Crippen LogP contribution in [0.25, 0.3) is 0 Å². The van der Waals surface area contributed by atoms with Gasteiger partial charge in [0.15, 0.2) is 0 Å². The van der Waals surface area contributed by atoms with E-state index in [0.29, 0.717) is 17.9 Å². The molecule has 2 heterocycles. The maximum atomic E-state index is 15.1. The number of hydrogen-bond acceptors (Lipinski definition) is 4. The number of anilines is 2. The number of rotatable bonds is 4. The summed E-state index contributed by atoms with van der Waals surface area (Å²) in [4.78, 5) is 30.0. The summed E-state index contributed by atoms with van der Waals surface area (Å²) in [6.07, 6.45) is 9.57. The van der Waals surface area contributed by atoms with Crippen molar-refractivity contribution in [3.8, 4) is 0 Å².